The zero-order chi connectivity index (χ0) is 0. The number of hydrogen-bond acceptors (Lipinski definition) is 0. The van der Waals surface area contributed by atoms with Crippen LogP contribution >= 0.6 is 0 Å². The second-order valence-corrected chi connectivity index (χ2v) is 0. The molecule has 0 heterocycles. The summed E-state index contributed by atoms with van der Waals surface area (Å²) in [5, 5.41) is 0. The quantitative estimate of drug-likeness (QED) is 0.372. The standard InChI is InChI=1S/Ag.10Mg.20H. The maximum atomic E-state index is 0. The maximum absolute atomic E-state index is 0. The molecule has 0 bridgehead atoms. The molecule has 1 radical (unpaired) electrons. The zero-order valence-electron chi connectivity index (χ0n) is 0.302. The van der Waals surface area contributed by atoms with E-state index in [-0.39, 0.29) is 253 Å². The van der Waals surface area contributed by atoms with Crippen LogP contribution in [0.5, 0.6) is 0 Å². The van der Waals surface area contributed by atoms with Crippen molar-refractivity contribution in [2.24, 2.45) is 0 Å². The molecular weight excluding hydrogens is 351 g/mol. The maximum Gasteiger partial charge on any atom is 0.316 e. The minimum absolute atomic E-state index is 0. The van der Waals surface area contributed by atoms with Crippen molar-refractivity contribution in [1.29, 1.82) is 0 Å². The van der Waals surface area contributed by atoms with Gasteiger partial charge in [-0.25, -0.2) is 0 Å². The van der Waals surface area contributed by atoms with Crippen molar-refractivity contribution in [3.63, 3.8) is 0 Å². The van der Waals surface area contributed by atoms with Crippen molar-refractivity contribution in [3.8, 4) is 0 Å². The third kappa shape index (κ3) is 70.1. The summed E-state index contributed by atoms with van der Waals surface area (Å²) >= 11 is 0. The molecule has 0 rings (SSSR count). The van der Waals surface area contributed by atoms with Crippen LogP contribution in [0.4, 0.5) is 0 Å². The molecule has 11 heavy (non-hydrogen) atoms. The molecule has 0 aromatic carbocycles. The second kappa shape index (κ2) is 78.9. The van der Waals surface area contributed by atoms with E-state index in [2.05, 4.69) is 0 Å². The van der Waals surface area contributed by atoms with Crippen molar-refractivity contribution < 1.29 is 22.4 Å². The molecule has 0 N–H and O–H groups in total. The summed E-state index contributed by atoms with van der Waals surface area (Å²) in [6.07, 6.45) is 0. The molecule has 0 aliphatic rings. The summed E-state index contributed by atoms with van der Waals surface area (Å²) in [6.45, 7) is 0. The first-order valence-electron chi connectivity index (χ1n) is 0. The molecule has 0 unspecified atom stereocenters. The van der Waals surface area contributed by atoms with E-state index in [1.807, 2.05) is 0 Å². The topological polar surface area (TPSA) is 0 Å². The Bertz CT molecular complexity index is 4.83. The van der Waals surface area contributed by atoms with Gasteiger partial charge >= 0.3 is 231 Å². The average Bonchev–Trinajstić information content (AvgIpc) is 0. The SMILES string of the molecule is [Ag].[MgH2].[MgH2].[MgH2].[MgH2].[MgH2].[MgH2].[MgH2].[MgH2].[MgH2].[MgH2]. The first-order valence-corrected chi connectivity index (χ1v) is 0. The number of rotatable bonds is 0. The Labute approximate surface area is 246 Å². The molecule has 0 amide bonds. The largest absolute Gasteiger partial charge is 0.316 e. The van der Waals surface area contributed by atoms with E-state index in [1.165, 1.54) is 0 Å². The van der Waals surface area contributed by atoms with Crippen molar-refractivity contribution in [3.05, 3.63) is 0 Å². The Balaban J connectivity index is 0. The van der Waals surface area contributed by atoms with Crippen LogP contribution in [0.3, 0.4) is 0 Å². The summed E-state index contributed by atoms with van der Waals surface area (Å²) in [5.41, 5.74) is 0. The fraction of sp³-hybridized carbons (Fsp3) is 0. The Morgan fingerprint density at radius 1 is 0.182 bits per heavy atom. The molecule has 0 aromatic rings. The van der Waals surface area contributed by atoms with Crippen LogP contribution in [-0.4, -0.2) is 231 Å². The molecule has 11 heteroatoms. The van der Waals surface area contributed by atoms with E-state index < -0.39 is 0 Å². The molecule has 0 saturated heterocycles. The molecular formula is H20AgMg10. The molecule has 51 valence electrons. The third-order valence-electron chi connectivity index (χ3n) is 0. The van der Waals surface area contributed by atoms with Crippen LogP contribution in [0.1, 0.15) is 0 Å². The molecule has 0 aromatic heterocycles. The fourth-order valence-corrected chi connectivity index (χ4v) is 0. The monoisotopic (exact) mass is 367 g/mol. The van der Waals surface area contributed by atoms with Gasteiger partial charge in [0.05, 0.1) is 0 Å². The van der Waals surface area contributed by atoms with Gasteiger partial charge in [0.25, 0.3) is 0 Å². The van der Waals surface area contributed by atoms with E-state index in [9.17, 15) is 0 Å². The van der Waals surface area contributed by atoms with E-state index in [0.29, 0.717) is 0 Å². The van der Waals surface area contributed by atoms with Crippen LogP contribution in [-0.2, 0) is 22.4 Å². The average molecular weight is 371 g/mol. The van der Waals surface area contributed by atoms with E-state index in [1.54, 1.807) is 0 Å². The molecule has 0 aliphatic carbocycles. The molecule has 0 aliphatic heterocycles. The summed E-state index contributed by atoms with van der Waals surface area (Å²) in [4.78, 5) is 0. The first-order chi connectivity index (χ1) is 0. The van der Waals surface area contributed by atoms with E-state index in [0.717, 1.165) is 0 Å². The first kappa shape index (κ1) is 93.1. The van der Waals surface area contributed by atoms with Gasteiger partial charge < -0.3 is 0 Å². The van der Waals surface area contributed by atoms with Gasteiger partial charge in [-0.05, 0) is 0 Å². The molecule has 0 atom stereocenters. The Morgan fingerprint density at radius 3 is 0.182 bits per heavy atom. The summed E-state index contributed by atoms with van der Waals surface area (Å²) in [6, 6.07) is 0. The van der Waals surface area contributed by atoms with E-state index in [4.69, 9.17) is 0 Å². The Kier molecular flexibility index (Phi) is 668. The van der Waals surface area contributed by atoms with Gasteiger partial charge in [0, 0.05) is 22.4 Å². The van der Waals surface area contributed by atoms with Crippen molar-refractivity contribution in [2.45, 2.75) is 0 Å². The van der Waals surface area contributed by atoms with Crippen LogP contribution < -0.4 is 0 Å². The van der Waals surface area contributed by atoms with Gasteiger partial charge in [-0.2, -0.15) is 0 Å². The molecule has 0 nitrogen and oxygen atoms in total. The summed E-state index contributed by atoms with van der Waals surface area (Å²) in [5.74, 6) is 0. The number of hydrogen-bond donors (Lipinski definition) is 0. The van der Waals surface area contributed by atoms with Gasteiger partial charge in [0.2, 0.25) is 0 Å². The third-order valence-corrected chi connectivity index (χ3v) is 0. The van der Waals surface area contributed by atoms with Crippen molar-refractivity contribution in [2.75, 3.05) is 0 Å². The van der Waals surface area contributed by atoms with Crippen LogP contribution in [0, 0.1) is 0 Å². The van der Waals surface area contributed by atoms with Gasteiger partial charge in [-0.15, -0.1) is 0 Å². The minimum atomic E-state index is 0. The molecule has 0 fully saturated rings. The normalized spacial score (nSPS) is 0. The predicted molar refractivity (Wildman–Crippen MR) is 85.4 cm³/mol. The predicted octanol–water partition coefficient (Wildman–Crippen LogP) is -9.16. The van der Waals surface area contributed by atoms with E-state index >= 15 is 0 Å². The van der Waals surface area contributed by atoms with Gasteiger partial charge in [0.1, 0.15) is 0 Å². The Morgan fingerprint density at radius 2 is 0.182 bits per heavy atom. The molecule has 0 saturated carbocycles. The van der Waals surface area contributed by atoms with Gasteiger partial charge in [0.15, 0.2) is 0 Å². The van der Waals surface area contributed by atoms with Crippen LogP contribution in [0.15, 0.2) is 0 Å². The smallest absolute Gasteiger partial charge is 0 e. The second-order valence-electron chi connectivity index (χ2n) is 0. The van der Waals surface area contributed by atoms with Crippen LogP contribution in [0.2, 0.25) is 0 Å². The Hall–Kier alpha value is 8.40. The van der Waals surface area contributed by atoms with Gasteiger partial charge in [-0.3, -0.25) is 0 Å². The summed E-state index contributed by atoms with van der Waals surface area (Å²) < 4.78 is 0. The zero-order valence-corrected chi connectivity index (χ0v) is 1.78. The fourth-order valence-electron chi connectivity index (χ4n) is 0. The van der Waals surface area contributed by atoms with Crippen LogP contribution in [0.25, 0.3) is 0 Å². The minimum Gasteiger partial charge on any atom is 0 e. The van der Waals surface area contributed by atoms with Crippen molar-refractivity contribution >= 4 is 231 Å². The van der Waals surface area contributed by atoms with Gasteiger partial charge in [-0.1, -0.05) is 0 Å². The molecule has 0 spiro atoms. The summed E-state index contributed by atoms with van der Waals surface area (Å²) in [7, 11) is 0. The van der Waals surface area contributed by atoms with Crippen molar-refractivity contribution in [1.82, 2.24) is 0 Å².